The maximum absolute atomic E-state index is 12.7. The number of carbonyl (C=O) groups is 1. The van der Waals surface area contributed by atoms with E-state index < -0.39 is 0 Å². The number of likely N-dealkylation sites (tertiary alicyclic amines) is 1. The van der Waals surface area contributed by atoms with Crippen LogP contribution in [0.5, 0.6) is 0 Å². The first-order valence-electron chi connectivity index (χ1n) is 10.0. The van der Waals surface area contributed by atoms with Gasteiger partial charge in [-0.3, -0.25) is 9.69 Å². The van der Waals surface area contributed by atoms with Crippen molar-refractivity contribution in [2.24, 2.45) is 5.92 Å². The molecule has 1 amide bonds. The highest BCUT2D eigenvalue weighted by atomic mass is 16.2. The van der Waals surface area contributed by atoms with E-state index in [4.69, 9.17) is 0 Å². The van der Waals surface area contributed by atoms with Crippen molar-refractivity contribution in [1.82, 2.24) is 15.5 Å². The number of carbonyl (C=O) groups excluding carboxylic acids is 1. The molecule has 2 aliphatic heterocycles. The number of rotatable bonds is 4. The molecule has 0 bridgehead atoms. The first kappa shape index (κ1) is 17.0. The molecule has 2 N–H and O–H groups in total. The smallest absolute Gasteiger partial charge is 0.237 e. The molecule has 2 saturated heterocycles. The van der Waals surface area contributed by atoms with Gasteiger partial charge in [-0.1, -0.05) is 43.2 Å². The standard InChI is InChI=1S/C21H31N3O/c1-15-11-18(14-24(15)13-16-7-3-2-4-8-16)22-21(25)20-12-17-9-5-6-10-19(17)23-20/h2-4,7-8,15,17-20,23H,5-6,9-14H2,1H3,(H,22,25). The Hall–Kier alpha value is -1.39. The van der Waals surface area contributed by atoms with Gasteiger partial charge in [0.15, 0.2) is 0 Å². The van der Waals surface area contributed by atoms with Gasteiger partial charge in [0.05, 0.1) is 6.04 Å². The van der Waals surface area contributed by atoms with Gasteiger partial charge in [-0.15, -0.1) is 0 Å². The summed E-state index contributed by atoms with van der Waals surface area (Å²) in [5.74, 6) is 0.953. The van der Waals surface area contributed by atoms with Crippen molar-refractivity contribution >= 4 is 5.91 Å². The topological polar surface area (TPSA) is 44.4 Å². The number of fused-ring (bicyclic) bond motifs is 1. The number of hydrogen-bond acceptors (Lipinski definition) is 3. The molecule has 1 aromatic carbocycles. The van der Waals surface area contributed by atoms with E-state index in [2.05, 4.69) is 52.8 Å². The molecule has 2 heterocycles. The second kappa shape index (κ2) is 7.46. The average molecular weight is 341 g/mol. The van der Waals surface area contributed by atoms with Gasteiger partial charge in [0.1, 0.15) is 0 Å². The molecule has 4 rings (SSSR count). The zero-order valence-electron chi connectivity index (χ0n) is 15.3. The molecule has 3 fully saturated rings. The molecule has 5 unspecified atom stereocenters. The first-order valence-corrected chi connectivity index (χ1v) is 10.0. The van der Waals surface area contributed by atoms with E-state index in [1.165, 1.54) is 31.2 Å². The van der Waals surface area contributed by atoms with E-state index in [1.807, 2.05) is 0 Å². The van der Waals surface area contributed by atoms with Crippen molar-refractivity contribution in [3.63, 3.8) is 0 Å². The summed E-state index contributed by atoms with van der Waals surface area (Å²) in [7, 11) is 0. The Balaban J connectivity index is 1.29. The van der Waals surface area contributed by atoms with Crippen molar-refractivity contribution in [3.8, 4) is 0 Å². The molecule has 1 saturated carbocycles. The SMILES string of the molecule is CC1CC(NC(=O)C2CC3CCCCC3N2)CN1Cc1ccccc1. The molecule has 3 aliphatic rings. The molecule has 1 aromatic rings. The minimum absolute atomic E-state index is 0.0339. The van der Waals surface area contributed by atoms with Crippen molar-refractivity contribution < 1.29 is 4.79 Å². The van der Waals surface area contributed by atoms with Crippen LogP contribution in [0.25, 0.3) is 0 Å². The number of hydrogen-bond donors (Lipinski definition) is 2. The largest absolute Gasteiger partial charge is 0.351 e. The summed E-state index contributed by atoms with van der Waals surface area (Å²) in [4.78, 5) is 15.2. The third-order valence-corrected chi connectivity index (χ3v) is 6.46. The van der Waals surface area contributed by atoms with Gasteiger partial charge >= 0.3 is 0 Å². The molecule has 0 spiro atoms. The summed E-state index contributed by atoms with van der Waals surface area (Å²) < 4.78 is 0. The van der Waals surface area contributed by atoms with Gasteiger partial charge in [0, 0.05) is 31.2 Å². The molecule has 136 valence electrons. The Bertz CT molecular complexity index is 576. The molecule has 5 atom stereocenters. The lowest BCUT2D eigenvalue weighted by Crippen LogP contribution is -2.47. The van der Waals surface area contributed by atoms with Crippen LogP contribution in [0.2, 0.25) is 0 Å². The lowest BCUT2D eigenvalue weighted by molar-refractivity contribution is -0.123. The summed E-state index contributed by atoms with van der Waals surface area (Å²) in [5.41, 5.74) is 1.35. The number of amides is 1. The fraction of sp³-hybridized carbons (Fsp3) is 0.667. The van der Waals surface area contributed by atoms with Crippen molar-refractivity contribution in [1.29, 1.82) is 0 Å². The highest BCUT2D eigenvalue weighted by Gasteiger charge is 2.39. The maximum Gasteiger partial charge on any atom is 0.237 e. The van der Waals surface area contributed by atoms with Crippen LogP contribution in [-0.2, 0) is 11.3 Å². The summed E-state index contributed by atoms with van der Waals surface area (Å²) >= 11 is 0. The number of nitrogens with one attached hydrogen (secondary N) is 2. The van der Waals surface area contributed by atoms with Gasteiger partial charge in [0.2, 0.25) is 5.91 Å². The highest BCUT2D eigenvalue weighted by molar-refractivity contribution is 5.82. The van der Waals surface area contributed by atoms with Crippen LogP contribution in [0.1, 0.15) is 51.0 Å². The molecule has 0 aromatic heterocycles. The summed E-state index contributed by atoms with van der Waals surface area (Å²) in [6.07, 6.45) is 7.29. The zero-order valence-corrected chi connectivity index (χ0v) is 15.3. The lowest BCUT2D eigenvalue weighted by atomic mass is 9.85. The Labute approximate surface area is 151 Å². The van der Waals surface area contributed by atoms with Gasteiger partial charge in [-0.2, -0.15) is 0 Å². The molecule has 25 heavy (non-hydrogen) atoms. The summed E-state index contributed by atoms with van der Waals surface area (Å²) in [5, 5.41) is 6.94. The van der Waals surface area contributed by atoms with E-state index in [0.717, 1.165) is 31.8 Å². The lowest BCUT2D eigenvalue weighted by Gasteiger charge is -2.24. The van der Waals surface area contributed by atoms with Crippen LogP contribution < -0.4 is 10.6 Å². The predicted molar refractivity (Wildman–Crippen MR) is 100 cm³/mol. The molecular weight excluding hydrogens is 310 g/mol. The monoisotopic (exact) mass is 341 g/mol. The Morgan fingerprint density at radius 2 is 2.00 bits per heavy atom. The third kappa shape index (κ3) is 3.90. The second-order valence-electron chi connectivity index (χ2n) is 8.31. The third-order valence-electron chi connectivity index (χ3n) is 6.46. The second-order valence-corrected chi connectivity index (χ2v) is 8.31. The van der Waals surface area contributed by atoms with E-state index in [9.17, 15) is 4.79 Å². The Kier molecular flexibility index (Phi) is 5.09. The number of nitrogens with zero attached hydrogens (tertiary/aromatic N) is 1. The van der Waals surface area contributed by atoms with Crippen LogP contribution >= 0.6 is 0 Å². The molecule has 1 aliphatic carbocycles. The van der Waals surface area contributed by atoms with E-state index in [1.54, 1.807) is 0 Å². The van der Waals surface area contributed by atoms with Gasteiger partial charge in [-0.05, 0) is 44.1 Å². The highest BCUT2D eigenvalue weighted by Crippen LogP contribution is 2.33. The van der Waals surface area contributed by atoms with Gasteiger partial charge < -0.3 is 10.6 Å². The van der Waals surface area contributed by atoms with Crippen LogP contribution in [0.4, 0.5) is 0 Å². The van der Waals surface area contributed by atoms with Crippen molar-refractivity contribution in [2.75, 3.05) is 6.54 Å². The van der Waals surface area contributed by atoms with Crippen molar-refractivity contribution in [2.45, 2.75) is 76.2 Å². The van der Waals surface area contributed by atoms with Crippen LogP contribution in [-0.4, -0.2) is 41.5 Å². The molecule has 4 nitrogen and oxygen atoms in total. The molecule has 0 radical (unpaired) electrons. The minimum Gasteiger partial charge on any atom is -0.351 e. The maximum atomic E-state index is 12.7. The summed E-state index contributed by atoms with van der Waals surface area (Å²) in [6.45, 7) is 4.21. The van der Waals surface area contributed by atoms with Gasteiger partial charge in [0.25, 0.3) is 0 Å². The summed E-state index contributed by atoms with van der Waals surface area (Å²) in [6, 6.07) is 12.0. The first-order chi connectivity index (χ1) is 12.2. The van der Waals surface area contributed by atoms with E-state index >= 15 is 0 Å². The fourth-order valence-corrected chi connectivity index (χ4v) is 5.06. The average Bonchev–Trinajstić information content (AvgIpc) is 3.19. The van der Waals surface area contributed by atoms with Crippen molar-refractivity contribution in [3.05, 3.63) is 35.9 Å². The Morgan fingerprint density at radius 1 is 1.20 bits per heavy atom. The predicted octanol–water partition coefficient (Wildman–Crippen LogP) is 2.69. The zero-order chi connectivity index (χ0) is 17.2. The fourth-order valence-electron chi connectivity index (χ4n) is 5.06. The van der Waals surface area contributed by atoms with E-state index in [0.29, 0.717) is 12.1 Å². The van der Waals surface area contributed by atoms with Gasteiger partial charge in [-0.25, -0.2) is 0 Å². The normalized spacial score (nSPS) is 35.5. The molecular formula is C21H31N3O. The minimum atomic E-state index is 0.0339. The van der Waals surface area contributed by atoms with Crippen LogP contribution in [0, 0.1) is 5.92 Å². The van der Waals surface area contributed by atoms with E-state index in [-0.39, 0.29) is 18.0 Å². The van der Waals surface area contributed by atoms with Crippen LogP contribution in [0.15, 0.2) is 30.3 Å². The Morgan fingerprint density at radius 3 is 2.80 bits per heavy atom. The van der Waals surface area contributed by atoms with Crippen LogP contribution in [0.3, 0.4) is 0 Å². The quantitative estimate of drug-likeness (QED) is 0.885. The molecule has 4 heteroatoms. The number of benzene rings is 1.